The Kier molecular flexibility index (Phi) is 4.66. The van der Waals surface area contributed by atoms with Gasteiger partial charge in [0.1, 0.15) is 0 Å². The molecule has 0 saturated carbocycles. The van der Waals surface area contributed by atoms with E-state index in [-0.39, 0.29) is 6.04 Å². The minimum Gasteiger partial charge on any atom is -0.312 e. The van der Waals surface area contributed by atoms with Gasteiger partial charge in [-0.1, -0.05) is 6.92 Å². The summed E-state index contributed by atoms with van der Waals surface area (Å²) in [6.07, 6.45) is 2.22. The lowest BCUT2D eigenvalue weighted by atomic mass is 9.85. The SMILES string of the molecule is CCNCc1sccc1S(=O)(=O)NC1CN2CCC1CC2. The molecule has 1 aromatic rings. The van der Waals surface area contributed by atoms with E-state index >= 15 is 0 Å². The summed E-state index contributed by atoms with van der Waals surface area (Å²) in [6.45, 7) is 6.57. The molecule has 0 aliphatic carbocycles. The maximum atomic E-state index is 12.7. The third kappa shape index (κ3) is 3.32. The highest BCUT2D eigenvalue weighted by molar-refractivity contribution is 7.89. The minimum absolute atomic E-state index is 0.0735. The first-order valence-corrected chi connectivity index (χ1v) is 9.98. The van der Waals surface area contributed by atoms with Crippen LogP contribution >= 0.6 is 11.3 Å². The van der Waals surface area contributed by atoms with Crippen molar-refractivity contribution >= 4 is 21.4 Å². The van der Waals surface area contributed by atoms with Crippen LogP contribution in [-0.4, -0.2) is 45.5 Å². The van der Waals surface area contributed by atoms with Crippen LogP contribution in [0.2, 0.25) is 0 Å². The molecule has 0 amide bonds. The molecule has 7 heteroatoms. The molecule has 3 aliphatic rings. The van der Waals surface area contributed by atoms with E-state index in [2.05, 4.69) is 14.9 Å². The molecular weight excluding hydrogens is 306 g/mol. The van der Waals surface area contributed by atoms with Crippen LogP contribution in [0.25, 0.3) is 0 Å². The van der Waals surface area contributed by atoms with Crippen molar-refractivity contribution in [1.82, 2.24) is 14.9 Å². The molecule has 4 rings (SSSR count). The Balaban J connectivity index is 1.73. The highest BCUT2D eigenvalue weighted by Crippen LogP contribution is 2.29. The van der Waals surface area contributed by atoms with E-state index < -0.39 is 10.0 Å². The Morgan fingerprint density at radius 2 is 2.14 bits per heavy atom. The number of sulfonamides is 1. The van der Waals surface area contributed by atoms with Gasteiger partial charge in [0.05, 0.1) is 4.90 Å². The normalized spacial score (nSPS) is 28.9. The number of hydrogen-bond acceptors (Lipinski definition) is 5. The van der Waals surface area contributed by atoms with Crippen molar-refractivity contribution in [3.8, 4) is 0 Å². The average Bonchev–Trinajstić information content (AvgIpc) is 2.95. The lowest BCUT2D eigenvalue weighted by Crippen LogP contribution is -2.57. The van der Waals surface area contributed by atoms with Gasteiger partial charge in [0.2, 0.25) is 10.0 Å². The zero-order valence-corrected chi connectivity index (χ0v) is 14.0. The number of nitrogens with one attached hydrogen (secondary N) is 2. The van der Waals surface area contributed by atoms with Crippen molar-refractivity contribution in [2.45, 2.75) is 37.2 Å². The highest BCUT2D eigenvalue weighted by Gasteiger charge is 2.37. The second kappa shape index (κ2) is 6.34. The van der Waals surface area contributed by atoms with E-state index in [1.165, 1.54) is 11.3 Å². The van der Waals surface area contributed by atoms with E-state index in [1.807, 2.05) is 12.3 Å². The summed E-state index contributed by atoms with van der Waals surface area (Å²) >= 11 is 1.50. The summed E-state index contributed by atoms with van der Waals surface area (Å²) in [7, 11) is -3.41. The van der Waals surface area contributed by atoms with Gasteiger partial charge in [-0.05, 0) is 49.8 Å². The van der Waals surface area contributed by atoms with Crippen LogP contribution in [0.3, 0.4) is 0 Å². The molecule has 0 aromatic carbocycles. The maximum Gasteiger partial charge on any atom is 0.242 e. The fraction of sp³-hybridized carbons (Fsp3) is 0.714. The van der Waals surface area contributed by atoms with Gasteiger partial charge in [0.15, 0.2) is 0 Å². The van der Waals surface area contributed by atoms with Crippen molar-refractivity contribution in [3.63, 3.8) is 0 Å². The predicted octanol–water partition coefficient (Wildman–Crippen LogP) is 1.23. The van der Waals surface area contributed by atoms with E-state index in [1.54, 1.807) is 6.07 Å². The third-order valence-electron chi connectivity index (χ3n) is 4.49. The van der Waals surface area contributed by atoms with Crippen LogP contribution in [0, 0.1) is 5.92 Å². The van der Waals surface area contributed by atoms with Gasteiger partial charge in [0, 0.05) is 24.0 Å². The van der Waals surface area contributed by atoms with Crippen molar-refractivity contribution < 1.29 is 8.42 Å². The minimum atomic E-state index is -3.41. The van der Waals surface area contributed by atoms with Gasteiger partial charge >= 0.3 is 0 Å². The fourth-order valence-corrected chi connectivity index (χ4v) is 6.01. The van der Waals surface area contributed by atoms with Crippen LogP contribution in [-0.2, 0) is 16.6 Å². The van der Waals surface area contributed by atoms with Gasteiger partial charge < -0.3 is 10.2 Å². The molecule has 3 fully saturated rings. The molecule has 1 aromatic heterocycles. The quantitative estimate of drug-likeness (QED) is 0.824. The molecule has 3 saturated heterocycles. The Morgan fingerprint density at radius 3 is 2.76 bits per heavy atom. The van der Waals surface area contributed by atoms with E-state index in [0.29, 0.717) is 17.4 Å². The number of hydrogen-bond donors (Lipinski definition) is 2. The number of fused-ring (bicyclic) bond motifs is 3. The molecule has 5 nitrogen and oxygen atoms in total. The van der Waals surface area contributed by atoms with Crippen LogP contribution in [0.4, 0.5) is 0 Å². The molecule has 4 heterocycles. The van der Waals surface area contributed by atoms with Crippen molar-refractivity contribution in [1.29, 1.82) is 0 Å². The molecule has 3 aliphatic heterocycles. The monoisotopic (exact) mass is 329 g/mol. The lowest BCUT2D eigenvalue weighted by Gasteiger charge is -2.44. The van der Waals surface area contributed by atoms with Crippen LogP contribution in [0.1, 0.15) is 24.6 Å². The molecule has 0 spiro atoms. The second-order valence-electron chi connectivity index (χ2n) is 5.85. The van der Waals surface area contributed by atoms with Gasteiger partial charge in [-0.15, -0.1) is 11.3 Å². The van der Waals surface area contributed by atoms with Gasteiger partial charge in [-0.3, -0.25) is 0 Å². The Morgan fingerprint density at radius 1 is 1.38 bits per heavy atom. The zero-order valence-electron chi connectivity index (χ0n) is 12.3. The molecular formula is C14H23N3O2S2. The molecule has 118 valence electrons. The van der Waals surface area contributed by atoms with Crippen LogP contribution < -0.4 is 10.0 Å². The van der Waals surface area contributed by atoms with Gasteiger partial charge in [-0.25, -0.2) is 13.1 Å². The van der Waals surface area contributed by atoms with E-state index in [4.69, 9.17) is 0 Å². The first-order valence-electron chi connectivity index (χ1n) is 7.62. The average molecular weight is 329 g/mol. The first kappa shape index (κ1) is 15.4. The molecule has 2 bridgehead atoms. The van der Waals surface area contributed by atoms with E-state index in [9.17, 15) is 8.42 Å². The zero-order chi connectivity index (χ0) is 14.9. The molecule has 1 unspecified atom stereocenters. The Hall–Kier alpha value is -0.470. The van der Waals surface area contributed by atoms with Crippen molar-refractivity contribution in [2.24, 2.45) is 5.92 Å². The number of thiophene rings is 1. The molecule has 0 radical (unpaired) electrons. The van der Waals surface area contributed by atoms with Crippen LogP contribution in [0.15, 0.2) is 16.3 Å². The molecule has 2 N–H and O–H groups in total. The summed E-state index contributed by atoms with van der Waals surface area (Å²) in [4.78, 5) is 3.70. The third-order valence-corrected chi connectivity index (χ3v) is 7.12. The summed E-state index contributed by atoms with van der Waals surface area (Å²) in [5.41, 5.74) is 0. The standard InChI is InChI=1S/C14H23N3O2S2/c1-2-15-9-13-14(5-8-20-13)21(18,19)16-12-10-17-6-3-11(12)4-7-17/h5,8,11-12,15-16H,2-4,6-7,9-10H2,1H3. The summed E-state index contributed by atoms with van der Waals surface area (Å²) < 4.78 is 28.3. The highest BCUT2D eigenvalue weighted by atomic mass is 32.2. The first-order chi connectivity index (χ1) is 10.1. The van der Waals surface area contributed by atoms with Crippen molar-refractivity contribution in [2.75, 3.05) is 26.2 Å². The lowest BCUT2D eigenvalue weighted by molar-refractivity contribution is 0.0827. The maximum absolute atomic E-state index is 12.7. The van der Waals surface area contributed by atoms with Crippen LogP contribution in [0.5, 0.6) is 0 Å². The van der Waals surface area contributed by atoms with Gasteiger partial charge in [-0.2, -0.15) is 0 Å². The van der Waals surface area contributed by atoms with E-state index in [0.717, 1.165) is 43.9 Å². The fourth-order valence-electron chi connectivity index (χ4n) is 3.30. The predicted molar refractivity (Wildman–Crippen MR) is 85.0 cm³/mol. The Labute approximate surface area is 130 Å². The number of piperidine rings is 3. The summed E-state index contributed by atoms with van der Waals surface area (Å²) in [5.74, 6) is 0.501. The van der Waals surface area contributed by atoms with Crippen molar-refractivity contribution in [3.05, 3.63) is 16.3 Å². The Bertz CT molecular complexity index is 577. The summed E-state index contributed by atoms with van der Waals surface area (Å²) in [6, 6.07) is 1.80. The molecule has 21 heavy (non-hydrogen) atoms. The van der Waals surface area contributed by atoms with Gasteiger partial charge in [0.25, 0.3) is 0 Å². The largest absolute Gasteiger partial charge is 0.312 e. The topological polar surface area (TPSA) is 61.4 Å². The number of rotatable bonds is 6. The second-order valence-corrected chi connectivity index (χ2v) is 8.54. The summed E-state index contributed by atoms with van der Waals surface area (Å²) in [5, 5.41) is 5.06. The molecule has 1 atom stereocenters. The smallest absolute Gasteiger partial charge is 0.242 e. The number of nitrogens with zero attached hydrogens (tertiary/aromatic N) is 1.